The summed E-state index contributed by atoms with van der Waals surface area (Å²) in [5.74, 6) is 1.54. The van der Waals surface area contributed by atoms with E-state index in [1.165, 1.54) is 0 Å². The topological polar surface area (TPSA) is 61.8 Å². The molecule has 1 fully saturated rings. The number of carbonyl (C=O) groups excluding carboxylic acids is 1. The van der Waals surface area contributed by atoms with E-state index in [1.807, 2.05) is 32.0 Å². The van der Waals surface area contributed by atoms with Crippen LogP contribution in [-0.4, -0.2) is 67.2 Å². The van der Waals surface area contributed by atoms with Crippen LogP contribution in [0.3, 0.4) is 0 Å². The summed E-state index contributed by atoms with van der Waals surface area (Å²) in [7, 11) is 1.70. The Balaban J connectivity index is 1.64. The average Bonchev–Trinajstić information content (AvgIpc) is 2.74. The number of carbonyl (C=O) groups is 1. The number of hydrogen-bond donors (Lipinski definition) is 0. The van der Waals surface area contributed by atoms with Gasteiger partial charge in [-0.1, -0.05) is 12.1 Å². The first-order valence-corrected chi connectivity index (χ1v) is 9.42. The van der Waals surface area contributed by atoms with Crippen molar-refractivity contribution in [1.82, 2.24) is 14.9 Å². The van der Waals surface area contributed by atoms with Gasteiger partial charge >= 0.3 is 0 Å². The maximum atomic E-state index is 12.4. The van der Waals surface area contributed by atoms with Crippen LogP contribution in [0.2, 0.25) is 0 Å². The van der Waals surface area contributed by atoms with E-state index >= 15 is 0 Å². The Morgan fingerprint density at radius 1 is 1.04 bits per heavy atom. The van der Waals surface area contributed by atoms with Gasteiger partial charge in [0.05, 0.1) is 18.4 Å². The lowest BCUT2D eigenvalue weighted by atomic mass is 10.2. The van der Waals surface area contributed by atoms with Gasteiger partial charge in [-0.05, 0) is 26.0 Å². The summed E-state index contributed by atoms with van der Waals surface area (Å²) in [6.45, 7) is 8.68. The third-order valence-electron chi connectivity index (χ3n) is 4.92. The highest BCUT2D eigenvalue weighted by atomic mass is 16.5. The number of methoxy groups -OCH3 is 1. The predicted octanol–water partition coefficient (Wildman–Crippen LogP) is 2.29. The van der Waals surface area contributed by atoms with E-state index in [2.05, 4.69) is 25.8 Å². The molecule has 3 rings (SSSR count). The van der Waals surface area contributed by atoms with Crippen molar-refractivity contribution >= 4 is 17.5 Å². The summed E-state index contributed by atoms with van der Waals surface area (Å²) >= 11 is 0. The first-order valence-electron chi connectivity index (χ1n) is 9.42. The smallest absolute Gasteiger partial charge is 0.256 e. The molecule has 1 amide bonds. The van der Waals surface area contributed by atoms with Crippen molar-refractivity contribution in [3.8, 4) is 5.75 Å². The second-order valence-corrected chi connectivity index (χ2v) is 6.40. The zero-order valence-corrected chi connectivity index (χ0v) is 16.3. The van der Waals surface area contributed by atoms with E-state index in [0.29, 0.717) is 24.6 Å². The molecule has 144 valence electrons. The van der Waals surface area contributed by atoms with Gasteiger partial charge in [-0.3, -0.25) is 4.79 Å². The zero-order chi connectivity index (χ0) is 19.2. The molecular formula is C20H27N5O2. The third-order valence-corrected chi connectivity index (χ3v) is 4.92. The van der Waals surface area contributed by atoms with Gasteiger partial charge in [0.1, 0.15) is 5.75 Å². The lowest BCUT2D eigenvalue weighted by Crippen LogP contribution is -2.47. The third kappa shape index (κ3) is 4.13. The number of para-hydroxylation sites is 2. The van der Waals surface area contributed by atoms with Crippen molar-refractivity contribution in [2.45, 2.75) is 13.8 Å². The van der Waals surface area contributed by atoms with Crippen molar-refractivity contribution in [2.75, 3.05) is 56.2 Å². The lowest BCUT2D eigenvalue weighted by molar-refractivity contribution is 0.0772. The number of hydrogen-bond acceptors (Lipinski definition) is 6. The Morgan fingerprint density at radius 2 is 1.63 bits per heavy atom. The van der Waals surface area contributed by atoms with Gasteiger partial charge in [-0.25, -0.2) is 9.97 Å². The summed E-state index contributed by atoms with van der Waals surface area (Å²) < 4.78 is 5.47. The average molecular weight is 369 g/mol. The van der Waals surface area contributed by atoms with Gasteiger partial charge in [0, 0.05) is 51.7 Å². The first-order chi connectivity index (χ1) is 13.2. The Kier molecular flexibility index (Phi) is 6.11. The number of ether oxygens (including phenoxy) is 1. The van der Waals surface area contributed by atoms with Gasteiger partial charge in [0.15, 0.2) is 0 Å². The predicted molar refractivity (Wildman–Crippen MR) is 107 cm³/mol. The first kappa shape index (κ1) is 18.9. The largest absolute Gasteiger partial charge is 0.495 e. The molecule has 1 aromatic heterocycles. The molecule has 2 heterocycles. The molecule has 0 spiro atoms. The Hall–Kier alpha value is -2.83. The molecule has 1 saturated heterocycles. The quantitative estimate of drug-likeness (QED) is 0.779. The highest BCUT2D eigenvalue weighted by Gasteiger charge is 2.22. The Morgan fingerprint density at radius 3 is 2.22 bits per heavy atom. The van der Waals surface area contributed by atoms with Gasteiger partial charge in [0.2, 0.25) is 5.95 Å². The number of piperazine rings is 1. The monoisotopic (exact) mass is 369 g/mol. The molecule has 2 aromatic rings. The van der Waals surface area contributed by atoms with Crippen LogP contribution in [0.15, 0.2) is 36.7 Å². The SMILES string of the molecule is CCN(CC)C(=O)c1cnc(N2CCN(c3ccccc3OC)CC2)nc1. The van der Waals surface area contributed by atoms with Crippen molar-refractivity contribution in [1.29, 1.82) is 0 Å². The number of rotatable bonds is 6. The summed E-state index contributed by atoms with van der Waals surface area (Å²) in [6.07, 6.45) is 3.27. The van der Waals surface area contributed by atoms with E-state index in [1.54, 1.807) is 24.4 Å². The van der Waals surface area contributed by atoms with Crippen LogP contribution in [0.5, 0.6) is 5.75 Å². The molecular weight excluding hydrogens is 342 g/mol. The minimum atomic E-state index is -0.0208. The molecule has 7 nitrogen and oxygen atoms in total. The van der Waals surface area contributed by atoms with Crippen molar-refractivity contribution in [3.63, 3.8) is 0 Å². The summed E-state index contributed by atoms with van der Waals surface area (Å²) in [6, 6.07) is 8.07. The number of anilines is 2. The lowest BCUT2D eigenvalue weighted by Gasteiger charge is -2.36. The molecule has 0 N–H and O–H groups in total. The van der Waals surface area contributed by atoms with E-state index in [-0.39, 0.29) is 5.91 Å². The molecule has 1 aliphatic rings. The van der Waals surface area contributed by atoms with E-state index in [0.717, 1.165) is 37.6 Å². The molecule has 0 saturated carbocycles. The fraction of sp³-hybridized carbons (Fsp3) is 0.450. The van der Waals surface area contributed by atoms with Gasteiger partial charge in [0.25, 0.3) is 5.91 Å². The summed E-state index contributed by atoms with van der Waals surface area (Å²) in [4.78, 5) is 27.5. The van der Waals surface area contributed by atoms with Crippen molar-refractivity contribution < 1.29 is 9.53 Å². The highest BCUT2D eigenvalue weighted by molar-refractivity contribution is 5.93. The molecule has 0 radical (unpaired) electrons. The maximum Gasteiger partial charge on any atom is 0.256 e. The second kappa shape index (κ2) is 8.70. The molecule has 0 unspecified atom stereocenters. The van der Waals surface area contributed by atoms with Crippen LogP contribution in [0.1, 0.15) is 24.2 Å². The molecule has 1 aromatic carbocycles. The highest BCUT2D eigenvalue weighted by Crippen LogP contribution is 2.28. The van der Waals surface area contributed by atoms with Gasteiger partial charge in [-0.15, -0.1) is 0 Å². The number of aromatic nitrogens is 2. The fourth-order valence-corrected chi connectivity index (χ4v) is 3.33. The second-order valence-electron chi connectivity index (χ2n) is 6.40. The van der Waals surface area contributed by atoms with Crippen LogP contribution in [0.4, 0.5) is 11.6 Å². The minimum absolute atomic E-state index is 0.0208. The van der Waals surface area contributed by atoms with E-state index in [9.17, 15) is 4.79 Å². The minimum Gasteiger partial charge on any atom is -0.495 e. The summed E-state index contributed by atoms with van der Waals surface area (Å²) in [5.41, 5.74) is 1.65. The van der Waals surface area contributed by atoms with Crippen LogP contribution < -0.4 is 14.5 Å². The maximum absolute atomic E-state index is 12.4. The van der Waals surface area contributed by atoms with E-state index in [4.69, 9.17) is 4.74 Å². The van der Waals surface area contributed by atoms with Crippen LogP contribution in [0.25, 0.3) is 0 Å². The molecule has 27 heavy (non-hydrogen) atoms. The van der Waals surface area contributed by atoms with Crippen LogP contribution in [-0.2, 0) is 0 Å². The molecule has 1 aliphatic heterocycles. The number of benzene rings is 1. The van der Waals surface area contributed by atoms with Gasteiger partial charge < -0.3 is 19.4 Å². The number of nitrogens with zero attached hydrogens (tertiary/aromatic N) is 5. The summed E-state index contributed by atoms with van der Waals surface area (Å²) in [5, 5.41) is 0. The van der Waals surface area contributed by atoms with E-state index < -0.39 is 0 Å². The fourth-order valence-electron chi connectivity index (χ4n) is 3.33. The molecule has 0 atom stereocenters. The zero-order valence-electron chi connectivity index (χ0n) is 16.3. The molecule has 0 bridgehead atoms. The normalized spacial score (nSPS) is 14.2. The standard InChI is InChI=1S/C20H27N5O2/c1-4-23(5-2)19(26)16-14-21-20(22-15-16)25-12-10-24(11-13-25)17-8-6-7-9-18(17)27-3/h6-9,14-15H,4-5,10-13H2,1-3H3. The Bertz CT molecular complexity index is 753. The number of amides is 1. The van der Waals surface area contributed by atoms with Gasteiger partial charge in [-0.2, -0.15) is 0 Å². The van der Waals surface area contributed by atoms with Crippen molar-refractivity contribution in [2.24, 2.45) is 0 Å². The van der Waals surface area contributed by atoms with Crippen LogP contribution in [0, 0.1) is 0 Å². The Labute approximate surface area is 160 Å². The van der Waals surface area contributed by atoms with Crippen LogP contribution >= 0.6 is 0 Å². The molecule has 0 aliphatic carbocycles. The van der Waals surface area contributed by atoms with Crippen molar-refractivity contribution in [3.05, 3.63) is 42.2 Å². The molecule has 7 heteroatoms.